The summed E-state index contributed by atoms with van der Waals surface area (Å²) in [6, 6.07) is 4.54. The number of aliphatic hydroxyl groups is 1. The van der Waals surface area contributed by atoms with Crippen LogP contribution in [0.15, 0.2) is 22.7 Å². The van der Waals surface area contributed by atoms with Gasteiger partial charge < -0.3 is 9.84 Å². The standard InChI is InChI=1S/C13H16BrFO2/c1-17-8-13(16,10-2-3-10)7-9-6-11(15)4-5-12(9)14/h4-6,10,16H,2-3,7-8H2,1H3. The van der Waals surface area contributed by atoms with Crippen LogP contribution in [-0.2, 0) is 11.2 Å². The number of rotatable bonds is 5. The van der Waals surface area contributed by atoms with E-state index in [1.807, 2.05) is 0 Å². The molecule has 0 bridgehead atoms. The Labute approximate surface area is 109 Å². The van der Waals surface area contributed by atoms with E-state index in [0.29, 0.717) is 13.0 Å². The van der Waals surface area contributed by atoms with Crippen molar-refractivity contribution in [3.63, 3.8) is 0 Å². The van der Waals surface area contributed by atoms with Crippen LogP contribution in [-0.4, -0.2) is 24.4 Å². The van der Waals surface area contributed by atoms with Gasteiger partial charge in [0.05, 0.1) is 12.2 Å². The third-order valence-electron chi connectivity index (χ3n) is 3.24. The Kier molecular flexibility index (Phi) is 3.85. The van der Waals surface area contributed by atoms with Crippen LogP contribution in [0.3, 0.4) is 0 Å². The van der Waals surface area contributed by atoms with Gasteiger partial charge in [-0.1, -0.05) is 15.9 Å². The van der Waals surface area contributed by atoms with Crippen molar-refractivity contribution < 1.29 is 14.2 Å². The molecule has 1 aromatic rings. The van der Waals surface area contributed by atoms with Gasteiger partial charge in [0.1, 0.15) is 5.82 Å². The molecule has 2 rings (SSSR count). The number of hydrogen-bond acceptors (Lipinski definition) is 2. The minimum absolute atomic E-state index is 0.276. The topological polar surface area (TPSA) is 29.5 Å². The molecular weight excluding hydrogens is 287 g/mol. The maximum Gasteiger partial charge on any atom is 0.123 e. The maximum atomic E-state index is 13.2. The summed E-state index contributed by atoms with van der Waals surface area (Å²) < 4.78 is 19.1. The first-order chi connectivity index (χ1) is 8.05. The number of benzene rings is 1. The van der Waals surface area contributed by atoms with E-state index in [1.165, 1.54) is 12.1 Å². The maximum absolute atomic E-state index is 13.2. The molecule has 1 aliphatic rings. The highest BCUT2D eigenvalue weighted by Crippen LogP contribution is 2.42. The molecular formula is C13H16BrFO2. The molecule has 1 fully saturated rings. The Hall–Kier alpha value is -0.450. The average molecular weight is 303 g/mol. The van der Waals surface area contributed by atoms with Gasteiger partial charge in [0, 0.05) is 18.0 Å². The first-order valence-corrected chi connectivity index (χ1v) is 6.50. The number of methoxy groups -OCH3 is 1. The molecule has 1 atom stereocenters. The lowest BCUT2D eigenvalue weighted by molar-refractivity contribution is -0.0475. The zero-order valence-electron chi connectivity index (χ0n) is 9.75. The summed E-state index contributed by atoms with van der Waals surface area (Å²) in [6.45, 7) is 0.292. The second-order valence-electron chi connectivity index (χ2n) is 4.72. The lowest BCUT2D eigenvalue weighted by Gasteiger charge is -2.28. The largest absolute Gasteiger partial charge is 0.387 e. The average Bonchev–Trinajstić information content (AvgIpc) is 3.07. The van der Waals surface area contributed by atoms with Crippen molar-refractivity contribution in [3.05, 3.63) is 34.1 Å². The summed E-state index contributed by atoms with van der Waals surface area (Å²) in [7, 11) is 1.58. The van der Waals surface area contributed by atoms with Gasteiger partial charge in [-0.3, -0.25) is 0 Å². The van der Waals surface area contributed by atoms with E-state index in [2.05, 4.69) is 15.9 Å². The molecule has 1 saturated carbocycles. The first kappa shape index (κ1) is 13.0. The smallest absolute Gasteiger partial charge is 0.123 e. The molecule has 1 aliphatic carbocycles. The molecule has 1 N–H and O–H groups in total. The summed E-state index contributed by atoms with van der Waals surface area (Å²) in [4.78, 5) is 0. The van der Waals surface area contributed by atoms with Gasteiger partial charge >= 0.3 is 0 Å². The van der Waals surface area contributed by atoms with Gasteiger partial charge in [0.2, 0.25) is 0 Å². The van der Waals surface area contributed by atoms with Crippen molar-refractivity contribution in [3.8, 4) is 0 Å². The second-order valence-corrected chi connectivity index (χ2v) is 5.58. The third-order valence-corrected chi connectivity index (χ3v) is 4.01. The Morgan fingerprint density at radius 1 is 1.53 bits per heavy atom. The molecule has 17 heavy (non-hydrogen) atoms. The van der Waals surface area contributed by atoms with Crippen molar-refractivity contribution in [1.29, 1.82) is 0 Å². The van der Waals surface area contributed by atoms with Gasteiger partial charge in [0.25, 0.3) is 0 Å². The third kappa shape index (κ3) is 3.06. The van der Waals surface area contributed by atoms with Crippen LogP contribution >= 0.6 is 15.9 Å². The quantitative estimate of drug-likeness (QED) is 0.906. The summed E-state index contributed by atoms with van der Waals surface area (Å²) in [5, 5.41) is 10.6. The molecule has 0 amide bonds. The summed E-state index contributed by atoms with van der Waals surface area (Å²) >= 11 is 3.39. The van der Waals surface area contributed by atoms with Crippen LogP contribution in [0, 0.1) is 11.7 Å². The van der Waals surface area contributed by atoms with Gasteiger partial charge in [-0.25, -0.2) is 4.39 Å². The van der Waals surface area contributed by atoms with E-state index in [4.69, 9.17) is 4.74 Å². The molecule has 2 nitrogen and oxygen atoms in total. The fourth-order valence-corrected chi connectivity index (χ4v) is 2.58. The molecule has 94 valence electrons. The van der Waals surface area contributed by atoms with E-state index in [0.717, 1.165) is 22.9 Å². The Morgan fingerprint density at radius 2 is 2.24 bits per heavy atom. The molecule has 0 aliphatic heterocycles. The van der Waals surface area contributed by atoms with E-state index in [9.17, 15) is 9.50 Å². The zero-order valence-corrected chi connectivity index (χ0v) is 11.3. The number of halogens is 2. The molecule has 0 spiro atoms. The van der Waals surface area contributed by atoms with Crippen LogP contribution in [0.4, 0.5) is 4.39 Å². The zero-order chi connectivity index (χ0) is 12.5. The molecule has 0 saturated heterocycles. The molecule has 1 unspecified atom stereocenters. The summed E-state index contributed by atoms with van der Waals surface area (Å²) in [6.07, 6.45) is 2.46. The van der Waals surface area contributed by atoms with E-state index < -0.39 is 5.60 Å². The lowest BCUT2D eigenvalue weighted by atomic mass is 9.90. The highest BCUT2D eigenvalue weighted by Gasteiger charge is 2.44. The van der Waals surface area contributed by atoms with Crippen molar-refractivity contribution in [2.75, 3.05) is 13.7 Å². The molecule has 0 heterocycles. The fourth-order valence-electron chi connectivity index (χ4n) is 2.19. The minimum atomic E-state index is -0.870. The Morgan fingerprint density at radius 3 is 2.82 bits per heavy atom. The van der Waals surface area contributed by atoms with E-state index in [1.54, 1.807) is 13.2 Å². The van der Waals surface area contributed by atoms with Gasteiger partial charge in [0.15, 0.2) is 0 Å². The number of hydrogen-bond donors (Lipinski definition) is 1. The van der Waals surface area contributed by atoms with Crippen LogP contribution in [0.1, 0.15) is 18.4 Å². The van der Waals surface area contributed by atoms with Crippen molar-refractivity contribution >= 4 is 15.9 Å². The van der Waals surface area contributed by atoms with Crippen molar-refractivity contribution in [1.82, 2.24) is 0 Å². The molecule has 0 aromatic heterocycles. The van der Waals surface area contributed by atoms with Gasteiger partial charge in [-0.15, -0.1) is 0 Å². The predicted molar refractivity (Wildman–Crippen MR) is 67.4 cm³/mol. The molecule has 1 aromatic carbocycles. The van der Waals surface area contributed by atoms with E-state index >= 15 is 0 Å². The normalized spacial score (nSPS) is 19.1. The van der Waals surface area contributed by atoms with Crippen LogP contribution < -0.4 is 0 Å². The summed E-state index contributed by atoms with van der Waals surface area (Å²) in [5.41, 5.74) is -0.0816. The highest BCUT2D eigenvalue weighted by atomic mass is 79.9. The summed E-state index contributed by atoms with van der Waals surface area (Å²) in [5.74, 6) is -0.00335. The molecule has 0 radical (unpaired) electrons. The van der Waals surface area contributed by atoms with Crippen molar-refractivity contribution in [2.45, 2.75) is 24.9 Å². The monoisotopic (exact) mass is 302 g/mol. The SMILES string of the molecule is COCC(O)(Cc1cc(F)ccc1Br)C1CC1. The second kappa shape index (κ2) is 5.04. The number of ether oxygens (including phenoxy) is 1. The predicted octanol–water partition coefficient (Wildman–Crippen LogP) is 2.92. The fraction of sp³-hybridized carbons (Fsp3) is 0.538. The van der Waals surface area contributed by atoms with Crippen molar-refractivity contribution in [2.24, 2.45) is 5.92 Å². The van der Waals surface area contributed by atoms with Crippen LogP contribution in [0.25, 0.3) is 0 Å². The Balaban J connectivity index is 2.19. The van der Waals surface area contributed by atoms with Crippen LogP contribution in [0.5, 0.6) is 0 Å². The minimum Gasteiger partial charge on any atom is -0.387 e. The first-order valence-electron chi connectivity index (χ1n) is 5.70. The lowest BCUT2D eigenvalue weighted by Crippen LogP contribution is -2.39. The molecule has 4 heteroatoms. The van der Waals surface area contributed by atoms with Crippen LogP contribution in [0.2, 0.25) is 0 Å². The Bertz CT molecular complexity index is 406. The van der Waals surface area contributed by atoms with E-state index in [-0.39, 0.29) is 11.7 Å². The highest BCUT2D eigenvalue weighted by molar-refractivity contribution is 9.10. The van der Waals surface area contributed by atoms with Gasteiger partial charge in [-0.2, -0.15) is 0 Å². The van der Waals surface area contributed by atoms with Gasteiger partial charge in [-0.05, 0) is 42.5 Å².